The fourth-order valence-corrected chi connectivity index (χ4v) is 2.86. The zero-order valence-corrected chi connectivity index (χ0v) is 14.8. The topological polar surface area (TPSA) is 62.8 Å². The van der Waals surface area contributed by atoms with Crippen LogP contribution in [0.5, 0.6) is 28.7 Å². The van der Waals surface area contributed by atoms with Crippen molar-refractivity contribution in [1.29, 1.82) is 0 Å². The molecule has 1 atom stereocenters. The summed E-state index contributed by atoms with van der Waals surface area (Å²) in [5.41, 5.74) is 1.04. The molecule has 0 spiro atoms. The lowest BCUT2D eigenvalue weighted by atomic mass is 10.1. The highest BCUT2D eigenvalue weighted by Gasteiger charge is 2.22. The van der Waals surface area contributed by atoms with Crippen LogP contribution in [0.3, 0.4) is 0 Å². The van der Waals surface area contributed by atoms with Gasteiger partial charge in [0.05, 0.1) is 26.9 Å². The molecule has 0 bridgehead atoms. The predicted octanol–water partition coefficient (Wildman–Crippen LogP) is 1.62. The van der Waals surface area contributed by atoms with Crippen LogP contribution in [-0.2, 0) is 6.54 Å². The van der Waals surface area contributed by atoms with Crippen LogP contribution in [0, 0.1) is 0 Å². The van der Waals surface area contributed by atoms with E-state index < -0.39 is 0 Å². The number of hydrogen-bond donors (Lipinski definition) is 1. The highest BCUT2D eigenvalue weighted by atomic mass is 16.6. The van der Waals surface area contributed by atoms with Crippen LogP contribution < -0.4 is 29.0 Å². The molecular weight excluding hydrogens is 322 g/mol. The van der Waals surface area contributed by atoms with Crippen molar-refractivity contribution >= 4 is 0 Å². The van der Waals surface area contributed by atoms with Crippen molar-refractivity contribution in [3.05, 3.63) is 42.0 Å². The van der Waals surface area contributed by atoms with Gasteiger partial charge >= 0.3 is 0 Å². The van der Waals surface area contributed by atoms with E-state index in [1.54, 1.807) is 21.3 Å². The van der Waals surface area contributed by atoms with Crippen molar-refractivity contribution in [2.75, 3.05) is 34.5 Å². The lowest BCUT2D eigenvalue weighted by Gasteiger charge is -2.25. The van der Waals surface area contributed by atoms with E-state index in [9.17, 15) is 0 Å². The summed E-state index contributed by atoms with van der Waals surface area (Å²) in [6, 6.07) is 11.5. The number of rotatable bonds is 7. The molecular formula is C19H24NO5+. The van der Waals surface area contributed by atoms with Gasteiger partial charge in [0.15, 0.2) is 29.1 Å². The van der Waals surface area contributed by atoms with Gasteiger partial charge in [-0.05, 0) is 18.2 Å². The molecule has 25 heavy (non-hydrogen) atoms. The lowest BCUT2D eigenvalue weighted by Crippen LogP contribution is -2.85. The number of quaternary nitrogens is 1. The molecule has 1 aliphatic heterocycles. The van der Waals surface area contributed by atoms with Crippen LogP contribution in [0.1, 0.15) is 5.56 Å². The fraction of sp³-hybridized carbons (Fsp3) is 0.368. The summed E-state index contributed by atoms with van der Waals surface area (Å²) in [4.78, 5) is 0. The van der Waals surface area contributed by atoms with E-state index in [1.807, 2.05) is 36.4 Å². The molecule has 0 radical (unpaired) electrons. The SMILES string of the molecule is COc1cc(OC)c(OC)cc1C[NH2+]C[C@@H]1COc2ccccc2O1. The number of para-hydroxylation sites is 2. The first-order valence-corrected chi connectivity index (χ1v) is 8.24. The summed E-state index contributed by atoms with van der Waals surface area (Å²) < 4.78 is 27.9. The fourth-order valence-electron chi connectivity index (χ4n) is 2.86. The lowest BCUT2D eigenvalue weighted by molar-refractivity contribution is -0.676. The molecule has 0 unspecified atom stereocenters. The highest BCUT2D eigenvalue weighted by molar-refractivity contribution is 5.50. The minimum Gasteiger partial charge on any atom is -0.496 e. The molecule has 0 saturated heterocycles. The van der Waals surface area contributed by atoms with Crippen LogP contribution >= 0.6 is 0 Å². The summed E-state index contributed by atoms with van der Waals surface area (Å²) in [5.74, 6) is 3.73. The van der Waals surface area contributed by atoms with E-state index in [0.717, 1.165) is 35.9 Å². The highest BCUT2D eigenvalue weighted by Crippen LogP contribution is 2.34. The second-order valence-electron chi connectivity index (χ2n) is 5.75. The zero-order chi connectivity index (χ0) is 17.6. The van der Waals surface area contributed by atoms with E-state index in [2.05, 4.69) is 5.32 Å². The maximum Gasteiger partial charge on any atom is 0.181 e. The molecule has 2 aromatic carbocycles. The number of methoxy groups -OCH3 is 3. The van der Waals surface area contributed by atoms with Crippen LogP contribution in [0.4, 0.5) is 0 Å². The number of fused-ring (bicyclic) bond motifs is 1. The Kier molecular flexibility index (Phi) is 5.50. The molecule has 6 nitrogen and oxygen atoms in total. The Morgan fingerprint density at radius 2 is 1.64 bits per heavy atom. The van der Waals surface area contributed by atoms with Crippen molar-refractivity contribution in [3.8, 4) is 28.7 Å². The predicted molar refractivity (Wildman–Crippen MR) is 92.9 cm³/mol. The molecule has 0 aliphatic carbocycles. The van der Waals surface area contributed by atoms with Gasteiger partial charge in [-0.3, -0.25) is 0 Å². The number of nitrogens with two attached hydrogens (primary N) is 1. The van der Waals surface area contributed by atoms with Gasteiger partial charge in [-0.1, -0.05) is 12.1 Å². The molecule has 1 aliphatic rings. The molecule has 0 saturated carbocycles. The van der Waals surface area contributed by atoms with Gasteiger partial charge in [0.25, 0.3) is 0 Å². The smallest absolute Gasteiger partial charge is 0.181 e. The number of hydrogen-bond acceptors (Lipinski definition) is 5. The standard InChI is InChI=1S/C19H23NO5/c1-21-17-9-19(23-3)18(22-2)8-13(17)10-20-11-14-12-24-15-6-4-5-7-16(15)25-14/h4-9,14,20H,10-12H2,1-3H3/p+1/t14-/m1/s1. The summed E-state index contributed by atoms with van der Waals surface area (Å²) in [6.07, 6.45) is 0.0149. The third-order valence-electron chi connectivity index (χ3n) is 4.15. The Labute approximate surface area is 147 Å². The molecule has 6 heteroatoms. The summed E-state index contributed by atoms with van der Waals surface area (Å²) in [5, 5.41) is 2.17. The Balaban J connectivity index is 1.61. The first kappa shape index (κ1) is 17.2. The van der Waals surface area contributed by atoms with Crippen LogP contribution in [-0.4, -0.2) is 40.6 Å². The normalized spacial score (nSPS) is 15.6. The molecule has 134 valence electrons. The zero-order valence-electron chi connectivity index (χ0n) is 14.8. The minimum absolute atomic E-state index is 0.0149. The van der Waals surface area contributed by atoms with E-state index in [0.29, 0.717) is 18.1 Å². The van der Waals surface area contributed by atoms with Crippen molar-refractivity contribution in [1.82, 2.24) is 0 Å². The van der Waals surface area contributed by atoms with Crippen molar-refractivity contribution in [2.45, 2.75) is 12.6 Å². The largest absolute Gasteiger partial charge is 0.496 e. The van der Waals surface area contributed by atoms with Gasteiger partial charge in [-0.15, -0.1) is 0 Å². The third-order valence-corrected chi connectivity index (χ3v) is 4.15. The van der Waals surface area contributed by atoms with Gasteiger partial charge in [0, 0.05) is 6.07 Å². The third kappa shape index (κ3) is 3.91. The van der Waals surface area contributed by atoms with Gasteiger partial charge in [-0.2, -0.15) is 0 Å². The van der Waals surface area contributed by atoms with Crippen LogP contribution in [0.15, 0.2) is 36.4 Å². The monoisotopic (exact) mass is 346 g/mol. The van der Waals surface area contributed by atoms with E-state index in [1.165, 1.54) is 0 Å². The Morgan fingerprint density at radius 1 is 0.960 bits per heavy atom. The number of ether oxygens (including phenoxy) is 5. The van der Waals surface area contributed by atoms with Crippen molar-refractivity contribution in [3.63, 3.8) is 0 Å². The van der Waals surface area contributed by atoms with Gasteiger partial charge in [0.1, 0.15) is 25.4 Å². The van der Waals surface area contributed by atoms with Crippen molar-refractivity contribution < 1.29 is 29.0 Å². The minimum atomic E-state index is 0.0149. The maximum atomic E-state index is 5.98. The second-order valence-corrected chi connectivity index (χ2v) is 5.75. The van der Waals surface area contributed by atoms with Crippen LogP contribution in [0.2, 0.25) is 0 Å². The quantitative estimate of drug-likeness (QED) is 0.825. The summed E-state index contributed by atoms with van der Waals surface area (Å²) in [7, 11) is 4.89. The molecule has 3 rings (SSSR count). The van der Waals surface area contributed by atoms with E-state index in [4.69, 9.17) is 23.7 Å². The molecule has 0 fully saturated rings. The Morgan fingerprint density at radius 3 is 2.36 bits per heavy atom. The average molecular weight is 346 g/mol. The second kappa shape index (κ2) is 7.98. The summed E-state index contributed by atoms with van der Waals surface area (Å²) >= 11 is 0. The average Bonchev–Trinajstić information content (AvgIpc) is 2.67. The molecule has 2 aromatic rings. The first-order valence-electron chi connectivity index (χ1n) is 8.24. The molecule has 0 amide bonds. The van der Waals surface area contributed by atoms with E-state index >= 15 is 0 Å². The van der Waals surface area contributed by atoms with Gasteiger partial charge in [0.2, 0.25) is 0 Å². The Bertz CT molecular complexity index is 719. The molecule has 1 heterocycles. The first-order chi connectivity index (χ1) is 12.2. The van der Waals surface area contributed by atoms with Gasteiger partial charge < -0.3 is 29.0 Å². The molecule has 0 aromatic heterocycles. The maximum absolute atomic E-state index is 5.98. The van der Waals surface area contributed by atoms with E-state index in [-0.39, 0.29) is 6.10 Å². The van der Waals surface area contributed by atoms with Crippen LogP contribution in [0.25, 0.3) is 0 Å². The van der Waals surface area contributed by atoms with Gasteiger partial charge in [-0.25, -0.2) is 0 Å². The summed E-state index contributed by atoms with van der Waals surface area (Å²) in [6.45, 7) is 2.08. The number of benzene rings is 2. The molecule has 2 N–H and O–H groups in total. The van der Waals surface area contributed by atoms with Crippen molar-refractivity contribution in [2.24, 2.45) is 0 Å². The Hall–Kier alpha value is -2.60.